The Morgan fingerprint density at radius 2 is 1.42 bits per heavy atom. The topological polar surface area (TPSA) is 192 Å². The van der Waals surface area contributed by atoms with Crippen molar-refractivity contribution in [3.8, 4) is 11.1 Å². The van der Waals surface area contributed by atoms with Crippen LogP contribution in [0.25, 0.3) is 11.1 Å². The number of unbranched alkanes of at least 4 members (excludes halogenated alkanes) is 7. The lowest BCUT2D eigenvalue weighted by Crippen LogP contribution is -2.23. The van der Waals surface area contributed by atoms with Gasteiger partial charge in [0.05, 0.1) is 5.75 Å². The fourth-order valence-electron chi connectivity index (χ4n) is 4.28. The Kier molecular flexibility index (Phi) is 21.0. The summed E-state index contributed by atoms with van der Waals surface area (Å²) in [6.45, 7) is 8.76. The van der Waals surface area contributed by atoms with Crippen molar-refractivity contribution in [2.45, 2.75) is 69.7 Å². The highest BCUT2D eigenvalue weighted by molar-refractivity contribution is 8.00. The molecule has 13 heteroatoms. The number of carbonyl (C=O) groups excluding carboxylic acids is 1. The average molecular weight is 727 g/mol. The number of carboxylic acid groups (broad SMARTS) is 4. The van der Waals surface area contributed by atoms with E-state index in [2.05, 4.69) is 23.1 Å². The van der Waals surface area contributed by atoms with Crippen LogP contribution in [0.1, 0.15) is 73.7 Å². The maximum absolute atomic E-state index is 11.4. The zero-order valence-corrected chi connectivity index (χ0v) is 29.5. The zero-order chi connectivity index (χ0) is 37.5. The first-order valence-electron chi connectivity index (χ1n) is 15.8. The molecule has 0 radical (unpaired) electrons. The van der Waals surface area contributed by atoms with Gasteiger partial charge in [-0.05, 0) is 32.3 Å². The number of allylic oxidation sites excluding steroid dienone is 1. The number of aromatic nitrogens is 2. The molecular formula is C37H43ClN2O9S. The Bertz CT molecular complexity index is 1580. The molecule has 0 spiro atoms. The summed E-state index contributed by atoms with van der Waals surface area (Å²) in [6, 6.07) is 14.0. The third kappa shape index (κ3) is 17.0. The van der Waals surface area contributed by atoms with E-state index in [-0.39, 0.29) is 12.2 Å². The van der Waals surface area contributed by atoms with Gasteiger partial charge in [-0.3, -0.25) is 19.2 Å². The number of carboxylic acids is 4. The van der Waals surface area contributed by atoms with Crippen LogP contribution in [0.5, 0.6) is 0 Å². The fourth-order valence-corrected chi connectivity index (χ4v) is 5.22. The van der Waals surface area contributed by atoms with Crippen LogP contribution in [-0.4, -0.2) is 65.8 Å². The van der Waals surface area contributed by atoms with Gasteiger partial charge in [-0.15, -0.1) is 6.58 Å². The van der Waals surface area contributed by atoms with Crippen LogP contribution in [0.3, 0.4) is 0 Å². The fraction of sp³-hybridized carbons (Fsp3) is 0.324. The molecule has 3 aromatic rings. The molecule has 1 heterocycles. The predicted octanol–water partition coefficient (Wildman–Crippen LogP) is 8.26. The highest BCUT2D eigenvalue weighted by atomic mass is 35.5. The normalized spacial score (nSPS) is 10.1. The van der Waals surface area contributed by atoms with Crippen LogP contribution in [-0.2, 0) is 19.2 Å². The lowest BCUT2D eigenvalue weighted by molar-refractivity contribution is -0.155. The van der Waals surface area contributed by atoms with Gasteiger partial charge in [0.15, 0.2) is 11.7 Å². The first kappa shape index (κ1) is 43.2. The molecule has 0 aliphatic heterocycles. The number of aliphatic carboxylic acids is 4. The summed E-state index contributed by atoms with van der Waals surface area (Å²) in [4.78, 5) is 61.8. The number of aryl methyl sites for hydroxylation is 1. The number of benzene rings is 2. The van der Waals surface area contributed by atoms with Gasteiger partial charge in [-0.25, -0.2) is 14.8 Å². The monoisotopic (exact) mass is 726 g/mol. The molecule has 0 saturated carbocycles. The smallest absolute Gasteiger partial charge is 0.339 e. The molecule has 0 fully saturated rings. The number of hydrogen-bond acceptors (Lipinski definition) is 8. The van der Waals surface area contributed by atoms with Crippen molar-refractivity contribution in [2.75, 3.05) is 5.75 Å². The molecule has 11 nitrogen and oxygen atoms in total. The number of halogens is 1. The largest absolute Gasteiger partial charge is 0.481 e. The maximum atomic E-state index is 11.4. The first-order valence-corrected chi connectivity index (χ1v) is 17.2. The molecular weight excluding hydrogens is 684 g/mol. The Morgan fingerprint density at radius 1 is 0.840 bits per heavy atom. The lowest BCUT2D eigenvalue weighted by Gasteiger charge is -2.07. The standard InChI is InChI=1S/C14H24O4.C12H9ClN2O2S.C11H10O3/c1-2-3-4-5-6-7-8-9-10-11-12(13(15)16)14(17)18;13-10-4-2-1-3-8(10)9-5-14-7-15-12(9)18-6-11(16)17;1-7-3-5-9(6-4-7)10(12)8(2)11(13)14/h2,12H,1,3-11H2,(H,15,16)(H,17,18);1-5,7H,6H2,(H,16,17);3-6H,2H2,1H3,(H,13,14). The van der Waals surface area contributed by atoms with Gasteiger partial charge < -0.3 is 20.4 Å². The third-order valence-corrected chi connectivity index (χ3v) is 8.33. The zero-order valence-electron chi connectivity index (χ0n) is 27.9. The summed E-state index contributed by atoms with van der Waals surface area (Å²) in [6.07, 6.45) is 13.6. The van der Waals surface area contributed by atoms with E-state index in [1.165, 1.54) is 25.6 Å². The van der Waals surface area contributed by atoms with Gasteiger partial charge in [-0.1, -0.05) is 123 Å². The minimum absolute atomic E-state index is 0.0472. The van der Waals surface area contributed by atoms with E-state index in [4.69, 9.17) is 32.0 Å². The van der Waals surface area contributed by atoms with Crippen molar-refractivity contribution in [2.24, 2.45) is 5.92 Å². The third-order valence-electron chi connectivity index (χ3n) is 7.02. The Hall–Kier alpha value is -4.81. The molecule has 50 heavy (non-hydrogen) atoms. The van der Waals surface area contributed by atoms with Crippen LogP contribution in [0.15, 0.2) is 90.9 Å². The number of rotatable bonds is 19. The van der Waals surface area contributed by atoms with Crippen molar-refractivity contribution < 1.29 is 44.4 Å². The molecule has 0 saturated heterocycles. The van der Waals surface area contributed by atoms with Crippen LogP contribution in [0.4, 0.5) is 0 Å². The van der Waals surface area contributed by atoms with Crippen molar-refractivity contribution in [3.05, 3.63) is 102 Å². The Morgan fingerprint density at radius 3 is 1.96 bits per heavy atom. The number of nitrogens with zero attached hydrogens (tertiary/aromatic N) is 2. The van der Waals surface area contributed by atoms with Crippen molar-refractivity contribution >= 4 is 53.0 Å². The van der Waals surface area contributed by atoms with Crippen LogP contribution in [0.2, 0.25) is 5.02 Å². The Labute approximate surface area is 301 Å². The minimum Gasteiger partial charge on any atom is -0.481 e. The molecule has 0 aliphatic carbocycles. The second kappa shape index (κ2) is 24.3. The van der Waals surface area contributed by atoms with Gasteiger partial charge in [0, 0.05) is 27.9 Å². The molecule has 268 valence electrons. The van der Waals surface area contributed by atoms with E-state index in [0.717, 1.165) is 54.1 Å². The van der Waals surface area contributed by atoms with E-state index in [9.17, 15) is 24.0 Å². The van der Waals surface area contributed by atoms with Gasteiger partial charge in [-0.2, -0.15) is 0 Å². The Balaban J connectivity index is 0.000000378. The first-order chi connectivity index (χ1) is 23.8. The van der Waals surface area contributed by atoms with Crippen molar-refractivity contribution in [1.29, 1.82) is 0 Å². The molecule has 0 unspecified atom stereocenters. The molecule has 0 aliphatic rings. The maximum Gasteiger partial charge on any atom is 0.339 e. The van der Waals surface area contributed by atoms with Crippen molar-refractivity contribution in [1.82, 2.24) is 9.97 Å². The number of Topliss-reactive ketones (excluding diaryl/α,β-unsaturated/α-hetero) is 1. The average Bonchev–Trinajstić information content (AvgIpc) is 3.08. The molecule has 3 rings (SSSR count). The highest BCUT2D eigenvalue weighted by Crippen LogP contribution is 2.33. The van der Waals surface area contributed by atoms with Gasteiger partial charge >= 0.3 is 23.9 Å². The van der Waals surface area contributed by atoms with E-state index < -0.39 is 41.2 Å². The summed E-state index contributed by atoms with van der Waals surface area (Å²) >= 11 is 7.26. The summed E-state index contributed by atoms with van der Waals surface area (Å²) in [5.41, 5.74) is 2.50. The highest BCUT2D eigenvalue weighted by Gasteiger charge is 2.24. The second-order valence-corrected chi connectivity index (χ2v) is 12.3. The van der Waals surface area contributed by atoms with Gasteiger partial charge in [0.2, 0.25) is 0 Å². The van der Waals surface area contributed by atoms with Gasteiger partial charge in [0.25, 0.3) is 0 Å². The van der Waals surface area contributed by atoms with Crippen LogP contribution >= 0.6 is 23.4 Å². The van der Waals surface area contributed by atoms with E-state index in [0.29, 0.717) is 22.0 Å². The van der Waals surface area contributed by atoms with Gasteiger partial charge in [0.1, 0.15) is 16.9 Å². The summed E-state index contributed by atoms with van der Waals surface area (Å²) < 4.78 is 0. The van der Waals surface area contributed by atoms with E-state index in [1.807, 2.05) is 31.2 Å². The molecule has 0 bridgehead atoms. The second-order valence-electron chi connectivity index (χ2n) is 11.0. The molecule has 0 atom stereocenters. The number of hydrogen-bond donors (Lipinski definition) is 4. The van der Waals surface area contributed by atoms with E-state index >= 15 is 0 Å². The SMILES string of the molecule is C=C(C(=O)O)C(=O)c1ccc(C)cc1.C=CCCCCCCCCCC(C(=O)O)C(=O)O.O=C(O)CSc1ncncc1-c1ccccc1Cl. The van der Waals surface area contributed by atoms with Crippen LogP contribution in [0, 0.1) is 12.8 Å². The number of thioether (sulfide) groups is 1. The molecule has 0 amide bonds. The molecule has 1 aromatic heterocycles. The summed E-state index contributed by atoms with van der Waals surface area (Å²) in [5.74, 6) is -6.46. The quantitative estimate of drug-likeness (QED) is 0.0135. The number of ketones is 1. The van der Waals surface area contributed by atoms with E-state index in [1.54, 1.807) is 36.5 Å². The van der Waals surface area contributed by atoms with Crippen molar-refractivity contribution in [3.63, 3.8) is 0 Å². The predicted molar refractivity (Wildman–Crippen MR) is 194 cm³/mol. The minimum atomic E-state index is -1.28. The summed E-state index contributed by atoms with van der Waals surface area (Å²) in [7, 11) is 0. The molecule has 2 aromatic carbocycles. The summed E-state index contributed by atoms with van der Waals surface area (Å²) in [5, 5.41) is 35.8. The lowest BCUT2D eigenvalue weighted by atomic mass is 10.0. The number of carbonyl (C=O) groups is 5. The van der Waals surface area contributed by atoms with Crippen LogP contribution < -0.4 is 0 Å². The molecule has 4 N–H and O–H groups in total.